The molecule has 7 nitrogen and oxygen atoms in total. The fraction of sp³-hybridized carbons (Fsp3) is 0.375. The standard InChI is InChI=1S/C16H15F2N3O4S/c17-15(18)10-16(25-14(22)20-8-7-19)13(6-9-21(16)11-15)26(23,24)12-4-2-1-3-5-12/h1-6,9,13H,8,10-11H2,(H,20,22). The molecule has 1 N–H and O–H groups in total. The van der Waals surface area contributed by atoms with E-state index in [1.54, 1.807) is 12.1 Å². The Morgan fingerprint density at radius 1 is 1.38 bits per heavy atom. The number of nitrogens with zero attached hydrogens (tertiary/aromatic N) is 2. The van der Waals surface area contributed by atoms with E-state index in [9.17, 15) is 22.0 Å². The van der Waals surface area contributed by atoms with Crippen molar-refractivity contribution in [1.29, 1.82) is 5.26 Å². The van der Waals surface area contributed by atoms with Crippen LogP contribution in [0.2, 0.25) is 0 Å². The van der Waals surface area contributed by atoms with E-state index >= 15 is 0 Å². The van der Waals surface area contributed by atoms with Gasteiger partial charge in [0, 0.05) is 6.20 Å². The summed E-state index contributed by atoms with van der Waals surface area (Å²) in [5, 5.41) is 9.10. The van der Waals surface area contributed by atoms with Gasteiger partial charge in [0.05, 0.1) is 23.9 Å². The zero-order chi connectivity index (χ0) is 19.0. The van der Waals surface area contributed by atoms with Crippen LogP contribution < -0.4 is 5.32 Å². The van der Waals surface area contributed by atoms with Crippen molar-refractivity contribution < 1.29 is 26.7 Å². The molecule has 26 heavy (non-hydrogen) atoms. The van der Waals surface area contributed by atoms with Gasteiger partial charge >= 0.3 is 6.09 Å². The molecule has 2 aliphatic rings. The second-order valence-electron chi connectivity index (χ2n) is 6.03. The number of benzene rings is 1. The van der Waals surface area contributed by atoms with Crippen molar-refractivity contribution in [2.45, 2.75) is 28.2 Å². The van der Waals surface area contributed by atoms with E-state index in [0.29, 0.717) is 0 Å². The van der Waals surface area contributed by atoms with Crippen molar-refractivity contribution in [2.75, 3.05) is 13.1 Å². The van der Waals surface area contributed by atoms with Crippen LogP contribution in [-0.2, 0) is 14.6 Å². The summed E-state index contributed by atoms with van der Waals surface area (Å²) < 4.78 is 59.3. The molecule has 0 radical (unpaired) electrons. The van der Waals surface area contributed by atoms with Crippen LogP contribution >= 0.6 is 0 Å². The number of fused-ring (bicyclic) bond motifs is 1. The van der Waals surface area contributed by atoms with E-state index in [4.69, 9.17) is 10.00 Å². The van der Waals surface area contributed by atoms with Crippen LogP contribution in [0.3, 0.4) is 0 Å². The lowest BCUT2D eigenvalue weighted by atomic mass is 10.1. The highest BCUT2D eigenvalue weighted by Gasteiger charge is 2.65. The molecule has 2 aliphatic heterocycles. The summed E-state index contributed by atoms with van der Waals surface area (Å²) in [5.41, 5.74) is -2.07. The van der Waals surface area contributed by atoms with Gasteiger partial charge in [-0.05, 0) is 18.2 Å². The number of hydrogen-bond acceptors (Lipinski definition) is 6. The van der Waals surface area contributed by atoms with E-state index in [1.807, 2.05) is 0 Å². The van der Waals surface area contributed by atoms with Gasteiger partial charge in [-0.2, -0.15) is 5.26 Å². The third-order valence-electron chi connectivity index (χ3n) is 4.27. The Labute approximate surface area is 148 Å². The lowest BCUT2D eigenvalue weighted by Crippen LogP contribution is -2.54. The van der Waals surface area contributed by atoms with Crippen LogP contribution in [-0.4, -0.2) is 49.4 Å². The first kappa shape index (κ1) is 18.1. The molecular weight excluding hydrogens is 368 g/mol. The number of carbonyl (C=O) groups is 1. The van der Waals surface area contributed by atoms with Crippen LogP contribution in [0, 0.1) is 11.3 Å². The minimum absolute atomic E-state index is 0.0628. The summed E-state index contributed by atoms with van der Waals surface area (Å²) in [6, 6.07) is 9.01. The van der Waals surface area contributed by atoms with Crippen molar-refractivity contribution in [3.05, 3.63) is 42.6 Å². The van der Waals surface area contributed by atoms with E-state index in [2.05, 4.69) is 5.32 Å². The molecule has 1 saturated heterocycles. The number of halogens is 2. The number of alkyl carbamates (subject to hydrolysis) is 1. The molecule has 1 aromatic carbocycles. The van der Waals surface area contributed by atoms with E-state index in [0.717, 1.165) is 4.90 Å². The summed E-state index contributed by atoms with van der Waals surface area (Å²) in [6.45, 7) is -1.16. The summed E-state index contributed by atoms with van der Waals surface area (Å²) in [5.74, 6) is -3.23. The molecule has 2 heterocycles. The molecule has 0 aromatic heterocycles. The van der Waals surface area contributed by atoms with E-state index in [-0.39, 0.29) is 4.90 Å². The van der Waals surface area contributed by atoms with Gasteiger partial charge in [-0.3, -0.25) is 0 Å². The number of alkyl halides is 2. The first-order valence-electron chi connectivity index (χ1n) is 7.67. The predicted octanol–water partition coefficient (Wildman–Crippen LogP) is 1.64. The second-order valence-corrected chi connectivity index (χ2v) is 8.10. The van der Waals surface area contributed by atoms with E-state index in [1.165, 1.54) is 36.5 Å². The first-order chi connectivity index (χ1) is 12.2. The monoisotopic (exact) mass is 383 g/mol. The van der Waals surface area contributed by atoms with Gasteiger partial charge in [0.15, 0.2) is 9.84 Å². The van der Waals surface area contributed by atoms with Crippen LogP contribution in [0.1, 0.15) is 6.42 Å². The van der Waals surface area contributed by atoms with Gasteiger partial charge in [0.25, 0.3) is 5.92 Å². The normalized spacial score (nSPS) is 26.2. The summed E-state index contributed by atoms with van der Waals surface area (Å²) in [7, 11) is -4.10. The highest BCUT2D eigenvalue weighted by Crippen LogP contribution is 2.49. The lowest BCUT2D eigenvalue weighted by Gasteiger charge is -2.36. The SMILES string of the molecule is N#CCNC(=O)OC12CC(F)(F)CN1C=CC2S(=O)(=O)c1ccccc1. The third kappa shape index (κ3) is 2.99. The highest BCUT2D eigenvalue weighted by molar-refractivity contribution is 7.92. The average molecular weight is 383 g/mol. The number of nitriles is 1. The molecule has 0 bridgehead atoms. The van der Waals surface area contributed by atoms with Gasteiger partial charge in [-0.15, -0.1) is 0 Å². The Balaban J connectivity index is 2.00. The Morgan fingerprint density at radius 3 is 2.73 bits per heavy atom. The molecule has 1 amide bonds. The Morgan fingerprint density at radius 2 is 2.08 bits per heavy atom. The zero-order valence-corrected chi connectivity index (χ0v) is 14.2. The fourth-order valence-corrected chi connectivity index (χ4v) is 5.11. The topological polar surface area (TPSA) is 99.5 Å². The van der Waals surface area contributed by atoms with Crippen LogP contribution in [0.15, 0.2) is 47.5 Å². The van der Waals surface area contributed by atoms with Gasteiger partial charge in [0.1, 0.15) is 11.8 Å². The smallest absolute Gasteiger partial charge is 0.410 e. The minimum atomic E-state index is -4.10. The van der Waals surface area contributed by atoms with Crippen molar-refractivity contribution in [2.24, 2.45) is 0 Å². The Kier molecular flexibility index (Phi) is 4.36. The molecular formula is C16H15F2N3O4S. The third-order valence-corrected chi connectivity index (χ3v) is 6.40. The summed E-state index contributed by atoms with van der Waals surface area (Å²) >= 11 is 0. The number of nitrogens with one attached hydrogen (secondary N) is 1. The number of hydrogen-bond donors (Lipinski definition) is 1. The van der Waals surface area contributed by atoms with Crippen molar-refractivity contribution in [3.63, 3.8) is 0 Å². The zero-order valence-electron chi connectivity index (χ0n) is 13.4. The van der Waals surface area contributed by atoms with Gasteiger partial charge in [-0.1, -0.05) is 18.2 Å². The largest absolute Gasteiger partial charge is 0.421 e. The molecule has 0 saturated carbocycles. The minimum Gasteiger partial charge on any atom is -0.421 e. The second kappa shape index (κ2) is 6.25. The Hall–Kier alpha value is -2.67. The molecule has 138 valence electrons. The quantitative estimate of drug-likeness (QED) is 0.794. The number of sulfone groups is 1. The molecule has 0 spiro atoms. The van der Waals surface area contributed by atoms with Crippen LogP contribution in [0.25, 0.3) is 0 Å². The maximum Gasteiger partial charge on any atom is 0.410 e. The predicted molar refractivity (Wildman–Crippen MR) is 85.7 cm³/mol. The van der Waals surface area contributed by atoms with Crippen LogP contribution in [0.4, 0.5) is 13.6 Å². The van der Waals surface area contributed by atoms with E-state index < -0.39 is 52.3 Å². The van der Waals surface area contributed by atoms with Crippen molar-refractivity contribution in [3.8, 4) is 6.07 Å². The number of rotatable bonds is 4. The van der Waals surface area contributed by atoms with Crippen LogP contribution in [0.5, 0.6) is 0 Å². The van der Waals surface area contributed by atoms with Crippen molar-refractivity contribution in [1.82, 2.24) is 10.2 Å². The number of ether oxygens (including phenoxy) is 1. The molecule has 1 fully saturated rings. The number of carbonyl (C=O) groups excluding carboxylic acids is 1. The average Bonchev–Trinajstić information content (AvgIpc) is 3.03. The lowest BCUT2D eigenvalue weighted by molar-refractivity contribution is -0.0621. The van der Waals surface area contributed by atoms with Gasteiger partial charge in [-0.25, -0.2) is 22.0 Å². The molecule has 1 aromatic rings. The molecule has 10 heteroatoms. The molecule has 3 rings (SSSR count). The van der Waals surface area contributed by atoms with Crippen molar-refractivity contribution >= 4 is 15.9 Å². The molecule has 0 aliphatic carbocycles. The summed E-state index contributed by atoms with van der Waals surface area (Å²) in [6.07, 6.45) is 0.355. The molecule has 2 unspecified atom stereocenters. The maximum absolute atomic E-state index is 14.0. The maximum atomic E-state index is 14.0. The molecule has 2 atom stereocenters. The fourth-order valence-electron chi connectivity index (χ4n) is 3.25. The first-order valence-corrected chi connectivity index (χ1v) is 9.22. The highest BCUT2D eigenvalue weighted by atomic mass is 32.2. The van der Waals surface area contributed by atoms with Gasteiger partial charge < -0.3 is 15.0 Å². The Bertz CT molecular complexity index is 883. The van der Waals surface area contributed by atoms with Gasteiger partial charge in [0.2, 0.25) is 5.72 Å². The summed E-state index contributed by atoms with van der Waals surface area (Å²) in [4.78, 5) is 12.9. The number of amides is 1.